The average Bonchev–Trinajstić information content (AvgIpc) is 2.15. The Kier molecular flexibility index (Phi) is 6.41. The van der Waals surface area contributed by atoms with Gasteiger partial charge in [0.25, 0.3) is 0 Å². The molecule has 1 atom stereocenters. The van der Waals surface area contributed by atoms with Crippen LogP contribution in [0.3, 0.4) is 0 Å². The fourth-order valence-electron chi connectivity index (χ4n) is 1.06. The van der Waals surface area contributed by atoms with Gasteiger partial charge in [0.15, 0.2) is 8.32 Å². The van der Waals surface area contributed by atoms with Gasteiger partial charge in [-0.1, -0.05) is 27.7 Å². The van der Waals surface area contributed by atoms with Crippen molar-refractivity contribution in [2.24, 2.45) is 5.92 Å². The summed E-state index contributed by atoms with van der Waals surface area (Å²) in [6.45, 7) is 15.9. The molecule has 0 saturated heterocycles. The van der Waals surface area contributed by atoms with Crippen LogP contribution in [0.5, 0.6) is 0 Å². The van der Waals surface area contributed by atoms with Crippen molar-refractivity contribution >= 4 is 14.3 Å². The number of hydrogen-bond acceptors (Lipinski definition) is 3. The van der Waals surface area contributed by atoms with Gasteiger partial charge >= 0.3 is 5.97 Å². The van der Waals surface area contributed by atoms with Crippen LogP contribution in [-0.2, 0) is 14.0 Å². The summed E-state index contributed by atoms with van der Waals surface area (Å²) in [6, 6.07) is 0. The molecular weight excluding hydrogens is 232 g/mol. The van der Waals surface area contributed by atoms with E-state index in [-0.39, 0.29) is 11.0 Å². The molecule has 0 N–H and O–H groups in total. The summed E-state index contributed by atoms with van der Waals surface area (Å²) in [7, 11) is -1.68. The SMILES string of the molecule is CC[C@H](COC(C)=O)CO[Si](C)(C)C(C)(C)C. The predicted octanol–water partition coefficient (Wildman–Crippen LogP) is 3.60. The molecule has 0 aromatic heterocycles. The van der Waals surface area contributed by atoms with Crippen LogP contribution in [0.15, 0.2) is 0 Å². The fraction of sp³-hybridized carbons (Fsp3) is 0.923. The van der Waals surface area contributed by atoms with Crippen LogP contribution in [-0.4, -0.2) is 27.5 Å². The van der Waals surface area contributed by atoms with Crippen molar-refractivity contribution in [1.82, 2.24) is 0 Å². The van der Waals surface area contributed by atoms with Gasteiger partial charge in [-0.25, -0.2) is 0 Å². The number of rotatable bonds is 6. The summed E-state index contributed by atoms with van der Waals surface area (Å²) in [6.07, 6.45) is 0.974. The van der Waals surface area contributed by atoms with Crippen molar-refractivity contribution in [3.8, 4) is 0 Å². The first kappa shape index (κ1) is 16.6. The van der Waals surface area contributed by atoms with Crippen LogP contribution >= 0.6 is 0 Å². The molecule has 0 spiro atoms. The van der Waals surface area contributed by atoms with Gasteiger partial charge < -0.3 is 9.16 Å². The minimum atomic E-state index is -1.68. The molecule has 0 heterocycles. The molecule has 102 valence electrons. The predicted molar refractivity (Wildman–Crippen MR) is 73.6 cm³/mol. The highest BCUT2D eigenvalue weighted by Gasteiger charge is 2.37. The molecule has 0 aliphatic rings. The average molecular weight is 260 g/mol. The maximum Gasteiger partial charge on any atom is 0.302 e. The Morgan fingerprint density at radius 3 is 2.12 bits per heavy atom. The Labute approximate surface area is 107 Å². The molecule has 0 radical (unpaired) electrons. The Bertz CT molecular complexity index is 244. The molecule has 0 bridgehead atoms. The third kappa shape index (κ3) is 6.22. The van der Waals surface area contributed by atoms with Gasteiger partial charge in [-0.15, -0.1) is 0 Å². The molecule has 4 heteroatoms. The van der Waals surface area contributed by atoms with E-state index in [0.29, 0.717) is 19.1 Å². The lowest BCUT2D eigenvalue weighted by Crippen LogP contribution is -2.42. The largest absolute Gasteiger partial charge is 0.465 e. The number of ether oxygens (including phenoxy) is 1. The molecule has 0 aliphatic heterocycles. The summed E-state index contributed by atoms with van der Waals surface area (Å²) in [5.41, 5.74) is 0. The standard InChI is InChI=1S/C13H28O3Si/c1-8-12(9-15-11(2)14)10-16-17(6,7)13(3,4)5/h12H,8-10H2,1-7H3/t12-/m1/s1. The van der Waals surface area contributed by atoms with Crippen molar-refractivity contribution in [3.63, 3.8) is 0 Å². The second-order valence-corrected chi connectivity index (χ2v) is 11.0. The van der Waals surface area contributed by atoms with Crippen LogP contribution in [0.4, 0.5) is 0 Å². The number of hydrogen-bond donors (Lipinski definition) is 0. The Morgan fingerprint density at radius 1 is 1.24 bits per heavy atom. The van der Waals surface area contributed by atoms with E-state index in [4.69, 9.17) is 9.16 Å². The van der Waals surface area contributed by atoms with Crippen LogP contribution < -0.4 is 0 Å². The lowest BCUT2D eigenvalue weighted by atomic mass is 10.1. The van der Waals surface area contributed by atoms with E-state index >= 15 is 0 Å². The highest BCUT2D eigenvalue weighted by Crippen LogP contribution is 2.36. The number of carbonyl (C=O) groups excluding carboxylic acids is 1. The molecule has 0 fully saturated rings. The highest BCUT2D eigenvalue weighted by atomic mass is 28.4. The summed E-state index contributed by atoms with van der Waals surface area (Å²) >= 11 is 0. The molecule has 0 rings (SSSR count). The third-order valence-corrected chi connectivity index (χ3v) is 8.09. The first-order valence-corrected chi connectivity index (χ1v) is 9.28. The van der Waals surface area contributed by atoms with E-state index in [0.717, 1.165) is 6.42 Å². The second kappa shape index (κ2) is 6.54. The van der Waals surface area contributed by atoms with E-state index in [2.05, 4.69) is 40.8 Å². The lowest BCUT2D eigenvalue weighted by molar-refractivity contribution is -0.142. The quantitative estimate of drug-likeness (QED) is 0.541. The van der Waals surface area contributed by atoms with Gasteiger partial charge in [-0.05, 0) is 24.6 Å². The molecule has 17 heavy (non-hydrogen) atoms. The number of carbonyl (C=O) groups is 1. The minimum Gasteiger partial charge on any atom is -0.465 e. The topological polar surface area (TPSA) is 35.5 Å². The molecule has 0 aromatic rings. The van der Waals surface area contributed by atoms with Gasteiger partial charge in [0, 0.05) is 19.4 Å². The Hall–Kier alpha value is -0.353. The molecule has 0 unspecified atom stereocenters. The normalized spacial score (nSPS) is 14.5. The Morgan fingerprint density at radius 2 is 1.76 bits per heavy atom. The fourth-order valence-corrected chi connectivity index (χ4v) is 2.15. The van der Waals surface area contributed by atoms with E-state index in [1.165, 1.54) is 6.92 Å². The van der Waals surface area contributed by atoms with Gasteiger partial charge in [0.2, 0.25) is 0 Å². The zero-order chi connectivity index (χ0) is 13.7. The molecule has 0 amide bonds. The van der Waals surface area contributed by atoms with E-state index in [1.54, 1.807) is 0 Å². The summed E-state index contributed by atoms with van der Waals surface area (Å²) in [5, 5.41) is 0.229. The monoisotopic (exact) mass is 260 g/mol. The zero-order valence-corrected chi connectivity index (χ0v) is 13.4. The molecular formula is C13H28O3Si. The second-order valence-electron chi connectivity index (χ2n) is 6.15. The van der Waals surface area contributed by atoms with Crippen molar-refractivity contribution in [2.75, 3.05) is 13.2 Å². The first-order chi connectivity index (χ1) is 7.60. The van der Waals surface area contributed by atoms with Gasteiger partial charge in [0.1, 0.15) is 0 Å². The number of esters is 1. The zero-order valence-electron chi connectivity index (χ0n) is 12.4. The van der Waals surface area contributed by atoms with Gasteiger partial charge in [-0.3, -0.25) is 4.79 Å². The van der Waals surface area contributed by atoms with E-state index < -0.39 is 8.32 Å². The maximum absolute atomic E-state index is 10.8. The van der Waals surface area contributed by atoms with Crippen LogP contribution in [0, 0.1) is 5.92 Å². The maximum atomic E-state index is 10.8. The first-order valence-electron chi connectivity index (χ1n) is 6.37. The summed E-state index contributed by atoms with van der Waals surface area (Å²) < 4.78 is 11.2. The molecule has 0 aliphatic carbocycles. The van der Waals surface area contributed by atoms with Crippen LogP contribution in [0.1, 0.15) is 41.0 Å². The Balaban J connectivity index is 4.19. The van der Waals surface area contributed by atoms with Crippen molar-refractivity contribution in [1.29, 1.82) is 0 Å². The van der Waals surface area contributed by atoms with E-state index in [1.807, 2.05) is 0 Å². The highest BCUT2D eigenvalue weighted by molar-refractivity contribution is 6.74. The van der Waals surface area contributed by atoms with Crippen molar-refractivity contribution in [2.45, 2.75) is 59.2 Å². The van der Waals surface area contributed by atoms with Crippen molar-refractivity contribution in [3.05, 3.63) is 0 Å². The lowest BCUT2D eigenvalue weighted by Gasteiger charge is -2.37. The third-order valence-electron chi connectivity index (χ3n) is 3.59. The van der Waals surface area contributed by atoms with Crippen LogP contribution in [0.2, 0.25) is 18.1 Å². The molecule has 3 nitrogen and oxygen atoms in total. The minimum absolute atomic E-state index is 0.212. The van der Waals surface area contributed by atoms with Gasteiger partial charge in [0.05, 0.1) is 6.61 Å². The van der Waals surface area contributed by atoms with E-state index in [9.17, 15) is 4.79 Å². The van der Waals surface area contributed by atoms with Crippen molar-refractivity contribution < 1.29 is 14.0 Å². The summed E-state index contributed by atoms with van der Waals surface area (Å²) in [5.74, 6) is 0.101. The molecule has 0 saturated carbocycles. The van der Waals surface area contributed by atoms with Gasteiger partial charge in [-0.2, -0.15) is 0 Å². The smallest absolute Gasteiger partial charge is 0.302 e. The molecule has 0 aromatic carbocycles. The van der Waals surface area contributed by atoms with Crippen LogP contribution in [0.25, 0.3) is 0 Å². The summed E-state index contributed by atoms with van der Waals surface area (Å²) in [4.78, 5) is 10.8.